The Balaban J connectivity index is 2.13. The molecule has 0 unspecified atom stereocenters. The summed E-state index contributed by atoms with van der Waals surface area (Å²) in [6.07, 6.45) is 0.819. The molecule has 1 heterocycles. The summed E-state index contributed by atoms with van der Waals surface area (Å²) in [6.45, 7) is 1.03. The topological polar surface area (TPSA) is 81.0 Å². The summed E-state index contributed by atoms with van der Waals surface area (Å²) in [5.41, 5.74) is 0.582. The van der Waals surface area contributed by atoms with Crippen molar-refractivity contribution in [2.24, 2.45) is 0 Å². The van der Waals surface area contributed by atoms with Crippen molar-refractivity contribution in [3.8, 4) is 0 Å². The zero-order chi connectivity index (χ0) is 14.0. The summed E-state index contributed by atoms with van der Waals surface area (Å²) < 4.78 is 0. The predicted molar refractivity (Wildman–Crippen MR) is 72.4 cm³/mol. The molecule has 1 aliphatic rings. The van der Waals surface area contributed by atoms with Crippen molar-refractivity contribution in [1.29, 1.82) is 0 Å². The number of benzene rings is 1. The number of aliphatic hydroxyl groups is 1. The Kier molecular flexibility index (Phi) is 4.47. The standard InChI is InChI=1S/C12H15BClNO4/c14-11-7-8(1-2-10(11)13(18)19)12(17)15-5-3-9(16)4-6-15/h1-2,7,9,16,18-19H,3-6H2. The molecule has 1 fully saturated rings. The number of piperidine rings is 1. The molecule has 2 rings (SSSR count). The van der Waals surface area contributed by atoms with Gasteiger partial charge in [0, 0.05) is 29.1 Å². The van der Waals surface area contributed by atoms with Gasteiger partial charge >= 0.3 is 7.12 Å². The van der Waals surface area contributed by atoms with E-state index in [0.717, 1.165) is 0 Å². The molecule has 5 nitrogen and oxygen atoms in total. The second-order valence-electron chi connectivity index (χ2n) is 4.63. The van der Waals surface area contributed by atoms with Crippen LogP contribution in [-0.2, 0) is 0 Å². The van der Waals surface area contributed by atoms with Crippen LogP contribution >= 0.6 is 11.6 Å². The first-order valence-electron chi connectivity index (χ1n) is 6.12. The summed E-state index contributed by atoms with van der Waals surface area (Å²) in [5, 5.41) is 27.7. The minimum atomic E-state index is -1.65. The van der Waals surface area contributed by atoms with Gasteiger partial charge in [-0.05, 0) is 25.0 Å². The SMILES string of the molecule is O=C(c1ccc(B(O)O)c(Cl)c1)N1CCC(O)CC1. The Morgan fingerprint density at radius 2 is 1.95 bits per heavy atom. The van der Waals surface area contributed by atoms with Gasteiger partial charge in [0.2, 0.25) is 0 Å². The molecule has 0 spiro atoms. The van der Waals surface area contributed by atoms with E-state index in [1.54, 1.807) is 4.90 Å². The second-order valence-corrected chi connectivity index (χ2v) is 5.04. The Hall–Kier alpha value is -1.08. The van der Waals surface area contributed by atoms with E-state index in [-0.39, 0.29) is 22.5 Å². The van der Waals surface area contributed by atoms with E-state index in [2.05, 4.69) is 0 Å². The highest BCUT2D eigenvalue weighted by Gasteiger charge is 2.23. The lowest BCUT2D eigenvalue weighted by atomic mass is 9.80. The van der Waals surface area contributed by atoms with Crippen LogP contribution in [0.3, 0.4) is 0 Å². The van der Waals surface area contributed by atoms with Crippen molar-refractivity contribution in [1.82, 2.24) is 4.90 Å². The summed E-state index contributed by atoms with van der Waals surface area (Å²) in [6, 6.07) is 4.39. The fourth-order valence-corrected chi connectivity index (χ4v) is 2.40. The van der Waals surface area contributed by atoms with Gasteiger partial charge in [-0.25, -0.2) is 0 Å². The third-order valence-electron chi connectivity index (χ3n) is 3.28. The van der Waals surface area contributed by atoms with Gasteiger partial charge in [0.1, 0.15) is 0 Å². The van der Waals surface area contributed by atoms with Crippen molar-refractivity contribution in [3.63, 3.8) is 0 Å². The number of carbonyl (C=O) groups excluding carboxylic acids is 1. The van der Waals surface area contributed by atoms with Gasteiger partial charge < -0.3 is 20.1 Å². The van der Waals surface area contributed by atoms with Crippen LogP contribution in [0.1, 0.15) is 23.2 Å². The quantitative estimate of drug-likeness (QED) is 0.646. The molecule has 0 radical (unpaired) electrons. The largest absolute Gasteiger partial charge is 0.489 e. The fraction of sp³-hybridized carbons (Fsp3) is 0.417. The number of likely N-dealkylation sites (tertiary alicyclic amines) is 1. The van der Waals surface area contributed by atoms with Crippen molar-refractivity contribution < 1.29 is 19.9 Å². The van der Waals surface area contributed by atoms with Crippen molar-refractivity contribution in [3.05, 3.63) is 28.8 Å². The van der Waals surface area contributed by atoms with Gasteiger partial charge in [-0.3, -0.25) is 4.79 Å². The first-order chi connectivity index (χ1) is 8.99. The molecule has 1 aromatic carbocycles. The molecule has 0 aliphatic carbocycles. The van der Waals surface area contributed by atoms with Gasteiger partial charge in [0.05, 0.1) is 6.10 Å². The molecular formula is C12H15BClNO4. The lowest BCUT2D eigenvalue weighted by molar-refractivity contribution is 0.0546. The van der Waals surface area contributed by atoms with Crippen LogP contribution in [0.25, 0.3) is 0 Å². The van der Waals surface area contributed by atoms with Crippen LogP contribution in [0.4, 0.5) is 0 Å². The molecule has 1 amide bonds. The maximum Gasteiger partial charge on any atom is 0.489 e. The average Bonchev–Trinajstić information content (AvgIpc) is 2.38. The molecule has 102 valence electrons. The maximum absolute atomic E-state index is 12.2. The molecule has 1 aliphatic heterocycles. The van der Waals surface area contributed by atoms with Crippen molar-refractivity contribution >= 4 is 30.1 Å². The lowest BCUT2D eigenvalue weighted by Crippen LogP contribution is -2.40. The van der Waals surface area contributed by atoms with E-state index >= 15 is 0 Å². The van der Waals surface area contributed by atoms with E-state index in [0.29, 0.717) is 31.5 Å². The molecule has 0 atom stereocenters. The van der Waals surface area contributed by atoms with Gasteiger partial charge in [-0.2, -0.15) is 0 Å². The monoisotopic (exact) mass is 283 g/mol. The van der Waals surface area contributed by atoms with Crippen molar-refractivity contribution in [2.75, 3.05) is 13.1 Å². The van der Waals surface area contributed by atoms with Gasteiger partial charge in [0.15, 0.2) is 0 Å². The molecule has 1 saturated heterocycles. The highest BCUT2D eigenvalue weighted by atomic mass is 35.5. The summed E-state index contributed by atoms with van der Waals surface area (Å²) in [4.78, 5) is 13.9. The Morgan fingerprint density at radius 1 is 1.32 bits per heavy atom. The highest BCUT2D eigenvalue weighted by Crippen LogP contribution is 2.16. The molecular weight excluding hydrogens is 268 g/mol. The lowest BCUT2D eigenvalue weighted by Gasteiger charge is -2.29. The summed E-state index contributed by atoms with van der Waals surface area (Å²) in [7, 11) is -1.65. The number of amides is 1. The van der Waals surface area contributed by atoms with Gasteiger partial charge in [-0.15, -0.1) is 0 Å². The first kappa shape index (κ1) is 14.3. The van der Waals surface area contributed by atoms with Gasteiger partial charge in [-0.1, -0.05) is 17.7 Å². The number of hydrogen-bond acceptors (Lipinski definition) is 4. The third kappa shape index (κ3) is 3.28. The normalized spacial score (nSPS) is 16.5. The van der Waals surface area contributed by atoms with Crippen LogP contribution in [-0.4, -0.2) is 52.3 Å². The number of nitrogens with zero attached hydrogens (tertiary/aromatic N) is 1. The van der Waals surface area contributed by atoms with Crippen molar-refractivity contribution in [2.45, 2.75) is 18.9 Å². The zero-order valence-electron chi connectivity index (χ0n) is 10.3. The predicted octanol–water partition coefficient (Wildman–Crippen LogP) is -0.383. The Bertz CT molecular complexity index is 475. The molecule has 1 aromatic rings. The minimum absolute atomic E-state index is 0.151. The first-order valence-corrected chi connectivity index (χ1v) is 6.49. The number of hydrogen-bond donors (Lipinski definition) is 3. The van der Waals surface area contributed by atoms with E-state index in [4.69, 9.17) is 21.6 Å². The zero-order valence-corrected chi connectivity index (χ0v) is 11.0. The number of rotatable bonds is 2. The average molecular weight is 284 g/mol. The van der Waals surface area contributed by atoms with E-state index in [1.165, 1.54) is 18.2 Å². The van der Waals surface area contributed by atoms with Gasteiger partial charge in [0.25, 0.3) is 5.91 Å². The Morgan fingerprint density at radius 3 is 2.47 bits per heavy atom. The second kappa shape index (κ2) is 5.92. The molecule has 0 saturated carbocycles. The summed E-state index contributed by atoms with van der Waals surface area (Å²) in [5.74, 6) is -0.159. The smallest absolute Gasteiger partial charge is 0.423 e. The third-order valence-corrected chi connectivity index (χ3v) is 3.60. The molecule has 0 bridgehead atoms. The number of aliphatic hydroxyl groups excluding tert-OH is 1. The van der Waals surface area contributed by atoms with Crippen LogP contribution in [0, 0.1) is 0 Å². The Labute approximate surface area is 116 Å². The molecule has 7 heteroatoms. The van der Waals surface area contributed by atoms with Crippen LogP contribution < -0.4 is 5.46 Å². The number of carbonyl (C=O) groups is 1. The summed E-state index contributed by atoms with van der Waals surface area (Å²) >= 11 is 5.90. The van der Waals surface area contributed by atoms with Crippen LogP contribution in [0.5, 0.6) is 0 Å². The number of halogens is 1. The van der Waals surface area contributed by atoms with E-state index in [1.807, 2.05) is 0 Å². The maximum atomic E-state index is 12.2. The minimum Gasteiger partial charge on any atom is -0.423 e. The molecule has 0 aromatic heterocycles. The molecule has 19 heavy (non-hydrogen) atoms. The fourth-order valence-electron chi connectivity index (χ4n) is 2.12. The van der Waals surface area contributed by atoms with E-state index < -0.39 is 7.12 Å². The highest BCUT2D eigenvalue weighted by molar-refractivity contribution is 6.62. The van der Waals surface area contributed by atoms with Crippen LogP contribution in [0.2, 0.25) is 5.02 Å². The van der Waals surface area contributed by atoms with E-state index in [9.17, 15) is 9.90 Å². The molecule has 3 N–H and O–H groups in total. The van der Waals surface area contributed by atoms with Crippen LogP contribution in [0.15, 0.2) is 18.2 Å².